The quantitative estimate of drug-likeness (QED) is 0.669. The Morgan fingerprint density at radius 2 is 2.10 bits per heavy atom. The van der Waals surface area contributed by atoms with Crippen LogP contribution in [0.2, 0.25) is 0 Å². The molecule has 0 aliphatic rings. The number of carboxylic acids is 1. The second kappa shape index (κ2) is 8.31. The van der Waals surface area contributed by atoms with E-state index in [4.69, 9.17) is 5.11 Å². The smallest absolute Gasteiger partial charge is 0.303 e. The van der Waals surface area contributed by atoms with E-state index in [9.17, 15) is 14.4 Å². The Kier molecular flexibility index (Phi) is 6.72. The molecule has 0 spiro atoms. The van der Waals surface area contributed by atoms with Crippen LogP contribution in [0.3, 0.4) is 0 Å². The molecule has 3 N–H and O–H groups in total. The van der Waals surface area contributed by atoms with Crippen molar-refractivity contribution in [3.8, 4) is 0 Å². The van der Waals surface area contributed by atoms with Crippen LogP contribution in [-0.2, 0) is 9.59 Å². The number of carbonyl (C=O) groups is 3. The highest BCUT2D eigenvalue weighted by Gasteiger charge is 2.10. The minimum Gasteiger partial charge on any atom is -0.481 e. The van der Waals surface area contributed by atoms with Gasteiger partial charge in [0.15, 0.2) is 0 Å². The van der Waals surface area contributed by atoms with Crippen molar-refractivity contribution in [3.05, 3.63) is 22.4 Å². The first kappa shape index (κ1) is 16.2. The predicted octanol–water partition coefficient (Wildman–Crippen LogP) is 1.09. The van der Waals surface area contributed by atoms with Crippen LogP contribution in [0.25, 0.3) is 0 Å². The largest absolute Gasteiger partial charge is 0.481 e. The van der Waals surface area contributed by atoms with Crippen molar-refractivity contribution in [2.24, 2.45) is 5.92 Å². The van der Waals surface area contributed by atoms with Gasteiger partial charge in [-0.3, -0.25) is 14.4 Å². The maximum absolute atomic E-state index is 11.6. The molecule has 0 fully saturated rings. The van der Waals surface area contributed by atoms with E-state index < -0.39 is 5.97 Å². The Morgan fingerprint density at radius 3 is 2.70 bits per heavy atom. The summed E-state index contributed by atoms with van der Waals surface area (Å²) in [5.74, 6) is -1.39. The molecular formula is C13H18N2O4S. The third-order valence-electron chi connectivity index (χ3n) is 2.59. The van der Waals surface area contributed by atoms with Crippen molar-refractivity contribution < 1.29 is 19.5 Å². The van der Waals surface area contributed by atoms with E-state index in [0.29, 0.717) is 12.1 Å². The third-order valence-corrected chi connectivity index (χ3v) is 3.27. The number of nitrogens with one attached hydrogen (secondary N) is 2. The Balaban J connectivity index is 2.14. The summed E-state index contributed by atoms with van der Waals surface area (Å²) in [6, 6.07) is 1.72. The van der Waals surface area contributed by atoms with E-state index in [1.807, 2.05) is 5.38 Å². The van der Waals surface area contributed by atoms with Gasteiger partial charge >= 0.3 is 5.97 Å². The number of hydrogen-bond donors (Lipinski definition) is 3. The molecule has 1 atom stereocenters. The van der Waals surface area contributed by atoms with Gasteiger partial charge in [0.05, 0.1) is 0 Å². The van der Waals surface area contributed by atoms with Crippen LogP contribution in [0.15, 0.2) is 16.8 Å². The van der Waals surface area contributed by atoms with E-state index in [1.165, 1.54) is 11.3 Å². The fourth-order valence-electron chi connectivity index (χ4n) is 1.53. The van der Waals surface area contributed by atoms with Gasteiger partial charge in [0.1, 0.15) is 0 Å². The molecule has 0 saturated heterocycles. The van der Waals surface area contributed by atoms with Crippen LogP contribution in [0.1, 0.15) is 30.1 Å². The summed E-state index contributed by atoms with van der Waals surface area (Å²) < 4.78 is 0. The average Bonchev–Trinajstić information content (AvgIpc) is 2.89. The molecular weight excluding hydrogens is 280 g/mol. The van der Waals surface area contributed by atoms with Gasteiger partial charge in [-0.1, -0.05) is 6.92 Å². The first-order valence-corrected chi connectivity index (χ1v) is 7.22. The Bertz CT molecular complexity index is 459. The Hall–Kier alpha value is -1.89. The highest BCUT2D eigenvalue weighted by Crippen LogP contribution is 2.05. The number of aliphatic carboxylic acids is 1. The van der Waals surface area contributed by atoms with Crippen LogP contribution < -0.4 is 10.6 Å². The van der Waals surface area contributed by atoms with Crippen LogP contribution >= 0.6 is 11.3 Å². The van der Waals surface area contributed by atoms with Gasteiger partial charge in [-0.25, -0.2) is 0 Å². The van der Waals surface area contributed by atoms with Crippen molar-refractivity contribution in [2.45, 2.75) is 19.8 Å². The van der Waals surface area contributed by atoms with Gasteiger partial charge in [-0.05, 0) is 17.4 Å². The molecule has 6 nitrogen and oxygen atoms in total. The summed E-state index contributed by atoms with van der Waals surface area (Å²) in [5.41, 5.74) is 0.588. The molecule has 1 heterocycles. The van der Waals surface area contributed by atoms with E-state index in [2.05, 4.69) is 10.6 Å². The zero-order valence-electron chi connectivity index (χ0n) is 11.2. The van der Waals surface area contributed by atoms with Gasteiger partial charge in [-0.15, -0.1) is 0 Å². The number of carboxylic acid groups (broad SMARTS) is 1. The molecule has 2 amide bonds. The predicted molar refractivity (Wildman–Crippen MR) is 75.7 cm³/mol. The zero-order valence-corrected chi connectivity index (χ0v) is 12.0. The molecule has 0 radical (unpaired) electrons. The number of amides is 2. The van der Waals surface area contributed by atoms with Gasteiger partial charge in [-0.2, -0.15) is 11.3 Å². The van der Waals surface area contributed by atoms with E-state index in [0.717, 1.165) is 0 Å². The standard InChI is InChI=1S/C13H18N2O4S/c1-9(6-12(17)18)7-15-11(16)2-4-14-13(19)10-3-5-20-8-10/h3,5,8-9H,2,4,6-7H2,1H3,(H,14,19)(H,15,16)(H,17,18). The number of thiophene rings is 1. The monoisotopic (exact) mass is 298 g/mol. The molecule has 110 valence electrons. The van der Waals surface area contributed by atoms with Crippen molar-refractivity contribution in [3.63, 3.8) is 0 Å². The summed E-state index contributed by atoms with van der Waals surface area (Å²) in [4.78, 5) is 33.5. The third kappa shape index (κ3) is 6.33. The molecule has 20 heavy (non-hydrogen) atoms. The lowest BCUT2D eigenvalue weighted by atomic mass is 10.1. The second-order valence-electron chi connectivity index (χ2n) is 4.53. The molecule has 1 rings (SSSR count). The van der Waals surface area contributed by atoms with Crippen molar-refractivity contribution in [1.29, 1.82) is 0 Å². The molecule has 7 heteroatoms. The van der Waals surface area contributed by atoms with Crippen LogP contribution in [0, 0.1) is 5.92 Å². The number of rotatable bonds is 8. The number of carbonyl (C=O) groups excluding carboxylic acids is 2. The minimum absolute atomic E-state index is 0.0230. The maximum Gasteiger partial charge on any atom is 0.303 e. The lowest BCUT2D eigenvalue weighted by Gasteiger charge is -2.10. The molecule has 1 aromatic rings. The Labute approximate surface area is 121 Å². The van der Waals surface area contributed by atoms with E-state index in [1.54, 1.807) is 18.4 Å². The lowest BCUT2D eigenvalue weighted by Crippen LogP contribution is -2.33. The first-order valence-electron chi connectivity index (χ1n) is 6.28. The minimum atomic E-state index is -0.880. The zero-order chi connectivity index (χ0) is 15.0. The van der Waals surface area contributed by atoms with Crippen molar-refractivity contribution in [2.75, 3.05) is 13.1 Å². The average molecular weight is 298 g/mol. The van der Waals surface area contributed by atoms with Gasteiger partial charge < -0.3 is 15.7 Å². The Morgan fingerprint density at radius 1 is 1.35 bits per heavy atom. The molecule has 0 aliphatic heterocycles. The first-order chi connectivity index (χ1) is 9.49. The molecule has 1 aromatic heterocycles. The summed E-state index contributed by atoms with van der Waals surface area (Å²) in [7, 11) is 0. The SMILES string of the molecule is CC(CNC(=O)CCNC(=O)c1ccsc1)CC(=O)O. The summed E-state index contributed by atoms with van der Waals surface area (Å²) in [6.07, 6.45) is 0.199. The molecule has 0 aromatic carbocycles. The summed E-state index contributed by atoms with van der Waals surface area (Å²) >= 11 is 1.44. The van der Waals surface area contributed by atoms with E-state index >= 15 is 0 Å². The highest BCUT2D eigenvalue weighted by atomic mass is 32.1. The van der Waals surface area contributed by atoms with Crippen molar-refractivity contribution in [1.82, 2.24) is 10.6 Å². The lowest BCUT2D eigenvalue weighted by molar-refractivity contribution is -0.138. The van der Waals surface area contributed by atoms with E-state index in [-0.39, 0.29) is 37.1 Å². The summed E-state index contributed by atoms with van der Waals surface area (Å²) in [5, 5.41) is 17.4. The number of hydrogen-bond acceptors (Lipinski definition) is 4. The van der Waals surface area contributed by atoms with Crippen molar-refractivity contribution >= 4 is 29.1 Å². The van der Waals surface area contributed by atoms with Crippen LogP contribution in [0.4, 0.5) is 0 Å². The van der Waals surface area contributed by atoms with Crippen LogP contribution in [0.5, 0.6) is 0 Å². The van der Waals surface area contributed by atoms with Crippen LogP contribution in [-0.4, -0.2) is 36.0 Å². The van der Waals surface area contributed by atoms with Gasteiger partial charge in [0, 0.05) is 36.9 Å². The fraction of sp³-hybridized carbons (Fsp3) is 0.462. The normalized spacial score (nSPS) is 11.7. The molecule has 0 bridgehead atoms. The molecule has 1 unspecified atom stereocenters. The molecule has 0 aliphatic carbocycles. The maximum atomic E-state index is 11.6. The van der Waals surface area contributed by atoms with Gasteiger partial charge in [0.25, 0.3) is 5.91 Å². The highest BCUT2D eigenvalue weighted by molar-refractivity contribution is 7.08. The summed E-state index contributed by atoms with van der Waals surface area (Å²) in [6.45, 7) is 2.34. The molecule has 0 saturated carbocycles. The second-order valence-corrected chi connectivity index (χ2v) is 5.31. The topological polar surface area (TPSA) is 95.5 Å². The van der Waals surface area contributed by atoms with Gasteiger partial charge in [0.2, 0.25) is 5.91 Å². The fourth-order valence-corrected chi connectivity index (χ4v) is 2.17.